The normalized spacial score (nSPS) is 35.7. The first-order valence-corrected chi connectivity index (χ1v) is 46.2. The molecule has 70 heavy (non-hydrogen) atoms. The summed E-state index contributed by atoms with van der Waals surface area (Å²) in [6.45, 7) is 2.45. The lowest BCUT2D eigenvalue weighted by molar-refractivity contribution is 0.312. The summed E-state index contributed by atoms with van der Waals surface area (Å²) in [5.74, 6) is 32.1. The summed E-state index contributed by atoms with van der Waals surface area (Å²) in [6, 6.07) is 0. The average Bonchev–Trinajstić information content (AvgIpc) is 3.40. The van der Waals surface area contributed by atoms with Gasteiger partial charge in [-0.05, 0) is 250 Å². The third-order valence-corrected chi connectivity index (χ3v) is 35.6. The summed E-state index contributed by atoms with van der Waals surface area (Å²) in [5, 5.41) is 0. The molecule has 0 amide bonds. The maximum absolute atomic E-state index is 4.38. The van der Waals surface area contributed by atoms with Crippen LogP contribution in [0.25, 0.3) is 0 Å². The van der Waals surface area contributed by atoms with Crippen LogP contribution in [0.1, 0.15) is 187 Å². The van der Waals surface area contributed by atoms with Crippen molar-refractivity contribution in [3.63, 3.8) is 0 Å². The second-order valence-corrected chi connectivity index (χ2v) is 40.8. The second-order valence-electron chi connectivity index (χ2n) is 24.2. The quantitative estimate of drug-likeness (QED) is 0.0387. The predicted molar refractivity (Wildman–Crippen MR) is 355 cm³/mol. The van der Waals surface area contributed by atoms with Crippen LogP contribution in [-0.4, -0.2) is 74.8 Å². The lowest BCUT2D eigenvalue weighted by Crippen LogP contribution is -2.19. The maximum atomic E-state index is 4.38. The maximum Gasteiger partial charge on any atom is 0.00653 e. The number of hydrogen-bond acceptors (Lipinski definition) is 14. The monoisotopic (exact) mass is 1220 g/mol. The average molecular weight is 1220 g/mol. The molecule has 7 saturated carbocycles. The first-order valence-electron chi connectivity index (χ1n) is 29.3. The van der Waals surface area contributed by atoms with Crippen molar-refractivity contribution >= 4 is 152 Å². The predicted octanol–water partition coefficient (Wildman–Crippen LogP) is 22.5. The van der Waals surface area contributed by atoms with E-state index in [9.17, 15) is 0 Å². The van der Waals surface area contributed by atoms with E-state index in [-0.39, 0.29) is 0 Å². The molecule has 0 heterocycles. The van der Waals surface area contributed by atoms with Crippen molar-refractivity contribution < 1.29 is 0 Å². The van der Waals surface area contributed by atoms with Crippen LogP contribution in [0.2, 0.25) is 0 Å². The zero-order valence-corrected chi connectivity index (χ0v) is 55.3. The first kappa shape index (κ1) is 62.5. The van der Waals surface area contributed by atoms with E-state index >= 15 is 0 Å². The fourth-order valence-electron chi connectivity index (χ4n) is 12.7. The highest BCUT2D eigenvalue weighted by Crippen LogP contribution is 2.45. The molecule has 7 fully saturated rings. The van der Waals surface area contributed by atoms with Crippen molar-refractivity contribution in [2.75, 3.05) is 74.8 Å². The Bertz CT molecular complexity index is 1260. The Kier molecular flexibility index (Phi) is 34.4. The van der Waals surface area contributed by atoms with Crippen LogP contribution in [0.5, 0.6) is 0 Å². The Balaban J connectivity index is 0.582. The van der Waals surface area contributed by atoms with Crippen LogP contribution in [0.15, 0.2) is 0 Å². The molecular formula is C56H100S14. The molecular weight excluding hydrogens is 1120 g/mol. The summed E-state index contributed by atoms with van der Waals surface area (Å²) in [5.41, 5.74) is 0. The molecule has 0 bridgehead atoms. The van der Waals surface area contributed by atoms with Crippen molar-refractivity contribution in [2.45, 2.75) is 187 Å². The minimum atomic E-state index is 0.942. The van der Waals surface area contributed by atoms with E-state index in [1.54, 1.807) is 10.8 Å². The third kappa shape index (κ3) is 26.2. The van der Waals surface area contributed by atoms with Crippen molar-refractivity contribution in [2.24, 2.45) is 82.9 Å². The second kappa shape index (κ2) is 38.6. The van der Waals surface area contributed by atoms with Gasteiger partial charge in [-0.2, -0.15) is 0 Å². The molecule has 0 aliphatic heterocycles. The van der Waals surface area contributed by atoms with Crippen molar-refractivity contribution in [3.05, 3.63) is 0 Å². The number of hydrogen-bond donors (Lipinski definition) is 1. The van der Waals surface area contributed by atoms with E-state index in [1.807, 2.05) is 0 Å². The highest BCUT2D eigenvalue weighted by atomic mass is 33.1. The molecule has 7 aliphatic carbocycles. The Hall–Kier alpha value is 4.90. The van der Waals surface area contributed by atoms with Gasteiger partial charge in [-0.15, -0.1) is 11.7 Å². The molecule has 0 atom stereocenters. The highest BCUT2D eigenvalue weighted by molar-refractivity contribution is 8.78. The lowest BCUT2D eigenvalue weighted by atomic mass is 9.84. The van der Waals surface area contributed by atoms with E-state index < -0.39 is 0 Å². The van der Waals surface area contributed by atoms with Gasteiger partial charge in [0.1, 0.15) is 0 Å². The number of thiol groups is 1. The largest absolute Gasteiger partial charge is 0.111 e. The zero-order valence-electron chi connectivity index (χ0n) is 43.8. The van der Waals surface area contributed by atoms with Crippen LogP contribution < -0.4 is 0 Å². The van der Waals surface area contributed by atoms with Gasteiger partial charge in [0.25, 0.3) is 0 Å². The SMILES string of the molecule is CC1CCC(CSSCC2CCC(CSSCC3CCC(CSSCC4CCC(CSSCC5CCC(CSSCC6CCC(CSSCC7CCC(CSS)CC7)CC6)CC5)CC4)CC3)CC2)CC1. The topological polar surface area (TPSA) is 0 Å². The summed E-state index contributed by atoms with van der Waals surface area (Å²) in [4.78, 5) is 0. The van der Waals surface area contributed by atoms with Crippen LogP contribution in [0.3, 0.4) is 0 Å². The summed E-state index contributed by atoms with van der Waals surface area (Å²) in [7, 11) is 28.5. The zero-order chi connectivity index (χ0) is 48.3. The fraction of sp³-hybridized carbons (Fsp3) is 1.00. The van der Waals surface area contributed by atoms with E-state index in [0.29, 0.717) is 0 Å². The molecule has 7 rings (SSSR count). The number of rotatable bonds is 32. The molecule has 0 N–H and O–H groups in total. The van der Waals surface area contributed by atoms with Gasteiger partial charge in [-0.1, -0.05) is 160 Å². The Morgan fingerprint density at radius 3 is 0.443 bits per heavy atom. The van der Waals surface area contributed by atoms with Crippen molar-refractivity contribution in [1.29, 1.82) is 0 Å². The molecule has 0 saturated heterocycles. The molecule has 14 heteroatoms. The molecule has 0 aromatic carbocycles. The summed E-state index contributed by atoms with van der Waals surface area (Å²) < 4.78 is 0. The molecule has 0 unspecified atom stereocenters. The van der Waals surface area contributed by atoms with Crippen LogP contribution in [0.4, 0.5) is 0 Å². The van der Waals surface area contributed by atoms with Gasteiger partial charge in [0.05, 0.1) is 0 Å². The Morgan fingerprint density at radius 2 is 0.314 bits per heavy atom. The minimum Gasteiger partial charge on any atom is -0.111 e. The van der Waals surface area contributed by atoms with Gasteiger partial charge in [0.15, 0.2) is 0 Å². The van der Waals surface area contributed by atoms with Crippen LogP contribution in [-0.2, 0) is 0 Å². The van der Waals surface area contributed by atoms with Crippen molar-refractivity contribution in [3.8, 4) is 0 Å². The Labute approximate surface area is 490 Å². The van der Waals surface area contributed by atoms with Gasteiger partial charge in [0.2, 0.25) is 0 Å². The Morgan fingerprint density at radius 1 is 0.200 bits per heavy atom. The fourth-order valence-corrected chi connectivity index (χ4v) is 31.8. The van der Waals surface area contributed by atoms with E-state index in [1.165, 1.54) is 255 Å². The lowest BCUT2D eigenvalue weighted by Gasteiger charge is -2.30. The summed E-state index contributed by atoms with van der Waals surface area (Å²) in [6.07, 6.45) is 41.8. The van der Waals surface area contributed by atoms with Crippen molar-refractivity contribution in [1.82, 2.24) is 0 Å². The first-order chi connectivity index (χ1) is 34.5. The van der Waals surface area contributed by atoms with E-state index in [4.69, 9.17) is 0 Å². The van der Waals surface area contributed by atoms with Gasteiger partial charge in [-0.25, -0.2) is 0 Å². The van der Waals surface area contributed by atoms with E-state index in [2.05, 4.69) is 148 Å². The standard InChI is InChI=1S/C56H100S14/c1-43-2-4-45(5-3-43)31-59-60-33-47-10-12-49(13-11-47)35-63-64-37-51-18-20-53(21-19-51)39-67-68-41-55-26-28-56(29-27-55)42-70-69-40-54-24-22-52(23-25-54)38-66-65-36-50-16-14-48(15-17-50)34-62-61-32-46-8-6-44(7-9-46)30-58-57/h43-57H,2-42H2,1H3. The molecule has 0 nitrogen and oxygen atoms in total. The minimum absolute atomic E-state index is 0.942. The van der Waals surface area contributed by atoms with Gasteiger partial charge in [-0.3, -0.25) is 0 Å². The smallest absolute Gasteiger partial charge is 0.00653 e. The van der Waals surface area contributed by atoms with Gasteiger partial charge < -0.3 is 0 Å². The molecule has 0 aromatic heterocycles. The molecule has 0 aromatic rings. The summed E-state index contributed by atoms with van der Waals surface area (Å²) >= 11 is 4.38. The van der Waals surface area contributed by atoms with Crippen LogP contribution in [0, 0.1) is 82.9 Å². The van der Waals surface area contributed by atoms with Gasteiger partial charge in [0, 0.05) is 74.8 Å². The third-order valence-electron chi connectivity index (χ3n) is 18.4. The van der Waals surface area contributed by atoms with E-state index in [0.717, 1.165) is 82.9 Å². The molecule has 0 radical (unpaired) electrons. The van der Waals surface area contributed by atoms with Gasteiger partial charge >= 0.3 is 0 Å². The highest BCUT2D eigenvalue weighted by Gasteiger charge is 2.28. The molecule has 7 aliphatic rings. The molecule has 0 spiro atoms. The molecule has 408 valence electrons. The van der Waals surface area contributed by atoms with Crippen LogP contribution >= 0.6 is 152 Å².